The molecule has 1 N–H and O–H groups in total. The van der Waals surface area contributed by atoms with Gasteiger partial charge in [0, 0.05) is 25.6 Å². The van der Waals surface area contributed by atoms with Gasteiger partial charge in [-0.2, -0.15) is 26.3 Å². The lowest BCUT2D eigenvalue weighted by atomic mass is 9.95. The second kappa shape index (κ2) is 10.8. The summed E-state index contributed by atoms with van der Waals surface area (Å²) in [6.07, 6.45) is -8.02. The van der Waals surface area contributed by atoms with Crippen LogP contribution < -0.4 is 4.74 Å². The van der Waals surface area contributed by atoms with Crippen LogP contribution in [0.25, 0.3) is 5.65 Å². The van der Waals surface area contributed by atoms with Gasteiger partial charge >= 0.3 is 12.4 Å². The Kier molecular flexibility index (Phi) is 8.78. The van der Waals surface area contributed by atoms with Crippen molar-refractivity contribution in [3.63, 3.8) is 0 Å². The Hall–Kier alpha value is -2.30. The molecular weight excluding hydrogens is 454 g/mol. The maximum atomic E-state index is 13.0. The smallest absolute Gasteiger partial charge is 0.400 e. The number of nitrogens with zero attached hydrogens (tertiary/aromatic N) is 2. The molecule has 11 heteroatoms. The average molecular weight is 482 g/mol. The van der Waals surface area contributed by atoms with Gasteiger partial charge in [-0.05, 0) is 37.8 Å². The van der Waals surface area contributed by atoms with Crippen LogP contribution in [0.5, 0.6) is 5.75 Å². The molecule has 5 nitrogen and oxygen atoms in total. The molecule has 0 aliphatic heterocycles. The molecule has 0 spiro atoms. The fourth-order valence-corrected chi connectivity index (χ4v) is 3.71. The predicted molar refractivity (Wildman–Crippen MR) is 109 cm³/mol. The van der Waals surface area contributed by atoms with Crippen molar-refractivity contribution in [1.29, 1.82) is 0 Å². The van der Waals surface area contributed by atoms with E-state index in [9.17, 15) is 36.2 Å². The van der Waals surface area contributed by atoms with Crippen LogP contribution in [0.3, 0.4) is 0 Å². The predicted octanol–water partition coefficient (Wildman–Crippen LogP) is 5.83. The van der Waals surface area contributed by atoms with Crippen LogP contribution in [0.15, 0.2) is 12.3 Å². The van der Waals surface area contributed by atoms with Crippen LogP contribution in [0.1, 0.15) is 60.8 Å². The number of unbranched alkanes of at least 4 members (excludes halogenated alkanes) is 1. The average Bonchev–Trinajstić information content (AvgIpc) is 3.01. The molecule has 0 bridgehead atoms. The SMILES string of the molecule is CCCC[C@H](CO)CC(=O)c1c(C)nc2c(OCCC(C(F)(F)F)C(F)(F)F)cc(C)cn12. The number of halogens is 6. The number of aliphatic hydroxyl groups is 1. The summed E-state index contributed by atoms with van der Waals surface area (Å²) in [6.45, 7) is 4.27. The fraction of sp³-hybridized carbons (Fsp3) is 0.636. The van der Waals surface area contributed by atoms with Gasteiger partial charge in [0.05, 0.1) is 12.3 Å². The Bertz CT molecular complexity index is 938. The maximum Gasteiger partial charge on any atom is 0.400 e. The molecular formula is C22H28F6N2O3. The summed E-state index contributed by atoms with van der Waals surface area (Å²) < 4.78 is 83.3. The number of carbonyl (C=O) groups excluding carboxylic acids is 1. The second-order valence-electron chi connectivity index (χ2n) is 8.21. The Morgan fingerprint density at radius 1 is 1.15 bits per heavy atom. The summed E-state index contributed by atoms with van der Waals surface area (Å²) in [7, 11) is 0. The first-order valence-electron chi connectivity index (χ1n) is 10.7. The van der Waals surface area contributed by atoms with Crippen LogP contribution in [-0.4, -0.2) is 45.8 Å². The van der Waals surface area contributed by atoms with E-state index in [2.05, 4.69) is 4.98 Å². The monoisotopic (exact) mass is 482 g/mol. The zero-order chi connectivity index (χ0) is 25.0. The van der Waals surface area contributed by atoms with Crippen LogP contribution in [-0.2, 0) is 0 Å². The van der Waals surface area contributed by atoms with E-state index in [-0.39, 0.29) is 41.8 Å². The van der Waals surface area contributed by atoms with Crippen molar-refractivity contribution in [2.45, 2.75) is 65.2 Å². The number of alkyl halides is 6. The molecule has 0 saturated heterocycles. The lowest BCUT2D eigenvalue weighted by molar-refractivity contribution is -0.286. The number of Topliss-reactive ketones (excluding diaryl/α,β-unsaturated/α-hetero) is 1. The molecule has 0 fully saturated rings. The highest BCUT2D eigenvalue weighted by Crippen LogP contribution is 2.41. The van der Waals surface area contributed by atoms with Crippen molar-refractivity contribution in [3.05, 3.63) is 29.2 Å². The lowest BCUT2D eigenvalue weighted by Gasteiger charge is -2.22. The van der Waals surface area contributed by atoms with Crippen molar-refractivity contribution in [3.8, 4) is 5.75 Å². The molecule has 0 aliphatic carbocycles. The van der Waals surface area contributed by atoms with Gasteiger partial charge in [0.2, 0.25) is 0 Å². The number of rotatable bonds is 11. The lowest BCUT2D eigenvalue weighted by Crippen LogP contribution is -2.37. The molecule has 2 heterocycles. The molecule has 2 rings (SSSR count). The zero-order valence-electron chi connectivity index (χ0n) is 18.7. The van der Waals surface area contributed by atoms with E-state index in [0.29, 0.717) is 17.7 Å². The van der Waals surface area contributed by atoms with Gasteiger partial charge in [-0.3, -0.25) is 9.20 Å². The fourth-order valence-electron chi connectivity index (χ4n) is 3.71. The number of pyridine rings is 1. The third-order valence-electron chi connectivity index (χ3n) is 5.41. The number of fused-ring (bicyclic) bond motifs is 1. The summed E-state index contributed by atoms with van der Waals surface area (Å²) in [5.41, 5.74) is 1.31. The van der Waals surface area contributed by atoms with E-state index in [4.69, 9.17) is 4.74 Å². The second-order valence-corrected chi connectivity index (χ2v) is 8.21. The number of ether oxygens (including phenoxy) is 1. The Morgan fingerprint density at radius 2 is 1.79 bits per heavy atom. The summed E-state index contributed by atoms with van der Waals surface area (Å²) in [6, 6.07) is 1.45. The Balaban J connectivity index is 2.28. The highest BCUT2D eigenvalue weighted by atomic mass is 19.4. The van der Waals surface area contributed by atoms with E-state index < -0.39 is 31.3 Å². The molecule has 33 heavy (non-hydrogen) atoms. The topological polar surface area (TPSA) is 63.8 Å². The van der Waals surface area contributed by atoms with Crippen molar-refractivity contribution >= 4 is 11.4 Å². The van der Waals surface area contributed by atoms with Crippen molar-refractivity contribution in [2.24, 2.45) is 11.8 Å². The van der Waals surface area contributed by atoms with Crippen molar-refractivity contribution < 1.29 is 41.0 Å². The number of aromatic nitrogens is 2. The Labute approximate surface area is 187 Å². The van der Waals surface area contributed by atoms with Gasteiger partial charge in [-0.1, -0.05) is 19.8 Å². The van der Waals surface area contributed by atoms with Crippen molar-refractivity contribution in [2.75, 3.05) is 13.2 Å². The maximum absolute atomic E-state index is 13.0. The molecule has 2 aromatic heterocycles. The minimum Gasteiger partial charge on any atom is -0.490 e. The number of hydrogen-bond acceptors (Lipinski definition) is 4. The van der Waals surface area contributed by atoms with Crippen LogP contribution in [0.4, 0.5) is 26.3 Å². The minimum atomic E-state index is -5.44. The van der Waals surface area contributed by atoms with E-state index in [0.717, 1.165) is 12.8 Å². The molecule has 2 aromatic rings. The largest absolute Gasteiger partial charge is 0.490 e. The van der Waals surface area contributed by atoms with Gasteiger partial charge in [0.25, 0.3) is 0 Å². The standard InChI is InChI=1S/C22H28F6N2O3/c1-4-5-6-15(12-31)10-16(32)19-14(3)29-20-17(9-13(2)11-30(19)20)33-8-7-18(21(23,24)25)22(26,27)28/h9,11,15,18,31H,4-8,10,12H2,1-3H3/t15-/m0/s1. The number of imidazole rings is 1. The van der Waals surface area contributed by atoms with E-state index in [1.807, 2.05) is 6.92 Å². The number of carbonyl (C=O) groups is 1. The molecule has 0 aliphatic rings. The highest BCUT2D eigenvalue weighted by molar-refractivity contribution is 5.97. The van der Waals surface area contributed by atoms with Crippen LogP contribution in [0.2, 0.25) is 0 Å². The first-order chi connectivity index (χ1) is 15.3. The number of hydrogen-bond donors (Lipinski definition) is 1. The van der Waals surface area contributed by atoms with Gasteiger partial charge in [0.1, 0.15) is 5.69 Å². The normalized spacial score (nSPS) is 13.7. The molecule has 1 atom stereocenters. The number of ketones is 1. The molecule has 0 amide bonds. The van der Waals surface area contributed by atoms with Gasteiger partial charge in [-0.15, -0.1) is 0 Å². The highest BCUT2D eigenvalue weighted by Gasteiger charge is 2.56. The first-order valence-corrected chi connectivity index (χ1v) is 10.7. The van der Waals surface area contributed by atoms with Crippen molar-refractivity contribution in [1.82, 2.24) is 9.38 Å². The minimum absolute atomic E-state index is 0.00931. The van der Waals surface area contributed by atoms with E-state index >= 15 is 0 Å². The van der Waals surface area contributed by atoms with Crippen LogP contribution in [0, 0.1) is 25.7 Å². The Morgan fingerprint density at radius 3 is 2.33 bits per heavy atom. The van der Waals surface area contributed by atoms with Crippen LogP contribution >= 0.6 is 0 Å². The van der Waals surface area contributed by atoms with Gasteiger partial charge in [0.15, 0.2) is 23.1 Å². The zero-order valence-corrected chi connectivity index (χ0v) is 18.7. The van der Waals surface area contributed by atoms with E-state index in [1.54, 1.807) is 20.0 Å². The third-order valence-corrected chi connectivity index (χ3v) is 5.41. The van der Waals surface area contributed by atoms with Gasteiger partial charge < -0.3 is 9.84 Å². The van der Waals surface area contributed by atoms with Gasteiger partial charge in [-0.25, -0.2) is 4.98 Å². The molecule has 0 aromatic carbocycles. The molecule has 0 saturated carbocycles. The first kappa shape index (κ1) is 26.9. The number of aryl methyl sites for hydroxylation is 2. The summed E-state index contributed by atoms with van der Waals surface area (Å²) >= 11 is 0. The number of aliphatic hydroxyl groups excluding tert-OH is 1. The summed E-state index contributed by atoms with van der Waals surface area (Å²) in [5.74, 6) is -3.99. The third kappa shape index (κ3) is 6.84. The summed E-state index contributed by atoms with van der Waals surface area (Å²) in [5, 5.41) is 9.57. The quantitative estimate of drug-likeness (QED) is 0.323. The molecule has 0 unspecified atom stereocenters. The van der Waals surface area contributed by atoms with E-state index in [1.165, 1.54) is 10.5 Å². The molecule has 186 valence electrons. The summed E-state index contributed by atoms with van der Waals surface area (Å²) in [4.78, 5) is 17.2. The molecule has 0 radical (unpaired) electrons.